The van der Waals surface area contributed by atoms with E-state index in [0.29, 0.717) is 16.0 Å². The Morgan fingerprint density at radius 1 is 1.32 bits per heavy atom. The van der Waals surface area contributed by atoms with Gasteiger partial charge in [-0.05, 0) is 6.07 Å². The number of halogens is 3. The highest BCUT2D eigenvalue weighted by Gasteiger charge is 2.22. The predicted molar refractivity (Wildman–Crippen MR) is 99.3 cm³/mol. The van der Waals surface area contributed by atoms with E-state index in [2.05, 4.69) is 29.1 Å². The molecular weight excluding hydrogens is 414 g/mol. The van der Waals surface area contributed by atoms with Crippen molar-refractivity contribution in [1.82, 2.24) is 24.7 Å². The lowest BCUT2D eigenvalue weighted by atomic mass is 10.1. The van der Waals surface area contributed by atoms with E-state index in [1.165, 1.54) is 6.33 Å². The molecule has 1 atom stereocenters. The summed E-state index contributed by atoms with van der Waals surface area (Å²) < 4.78 is 45.9. The monoisotopic (exact) mass is 424 g/mol. The summed E-state index contributed by atoms with van der Waals surface area (Å²) in [5.41, 5.74) is 2.20. The zero-order valence-corrected chi connectivity index (χ0v) is 15.4. The number of rotatable bonds is 6. The van der Waals surface area contributed by atoms with Crippen LogP contribution in [0.4, 0.5) is 14.5 Å². The second kappa shape index (κ2) is 7.52. The number of benzene rings is 1. The van der Waals surface area contributed by atoms with Crippen molar-refractivity contribution in [2.24, 2.45) is 0 Å². The number of para-hydroxylation sites is 1. The molecule has 0 spiro atoms. The molecule has 0 bridgehead atoms. The van der Waals surface area contributed by atoms with E-state index in [9.17, 15) is 13.0 Å². The number of nitrogens with zero attached hydrogens (tertiary/aromatic N) is 4. The highest BCUT2D eigenvalue weighted by molar-refractivity contribution is 7.86. The summed E-state index contributed by atoms with van der Waals surface area (Å²) in [5, 5.41) is 4.15. The van der Waals surface area contributed by atoms with Gasteiger partial charge in [-0.3, -0.25) is 4.72 Å². The highest BCUT2D eigenvalue weighted by atomic mass is 35.5. The molecule has 12 heteroatoms. The van der Waals surface area contributed by atoms with Gasteiger partial charge >= 0.3 is 6.55 Å². The maximum absolute atomic E-state index is 12.9. The number of fused-ring (bicyclic) bond motifs is 1. The fourth-order valence-corrected chi connectivity index (χ4v) is 3.88. The molecule has 28 heavy (non-hydrogen) atoms. The quantitative estimate of drug-likeness (QED) is 0.489. The van der Waals surface area contributed by atoms with E-state index in [0.717, 1.165) is 17.3 Å². The molecule has 3 heterocycles. The molecule has 2 N–H and O–H groups in total. The fraction of sp³-hybridized carbons (Fsp3) is 0.0625. The Kier molecular flexibility index (Phi) is 4.92. The van der Waals surface area contributed by atoms with Crippen LogP contribution in [-0.2, 0) is 11.0 Å². The number of H-pyrrole nitrogens is 1. The van der Waals surface area contributed by atoms with Crippen LogP contribution >= 0.6 is 11.9 Å². The highest BCUT2D eigenvalue weighted by Crippen LogP contribution is 2.33. The smallest absolute Gasteiger partial charge is 0.336 e. The molecule has 0 fully saturated rings. The van der Waals surface area contributed by atoms with Crippen LogP contribution in [0.1, 0.15) is 6.55 Å². The molecule has 0 radical (unpaired) electrons. The molecule has 8 nitrogen and oxygen atoms in total. The van der Waals surface area contributed by atoms with Gasteiger partial charge in [0.25, 0.3) is 5.88 Å². The minimum absolute atomic E-state index is 0.0325. The molecule has 3 aromatic heterocycles. The number of nitrogens with one attached hydrogen (secondary N) is 2. The van der Waals surface area contributed by atoms with Crippen LogP contribution in [0.15, 0.2) is 54.1 Å². The van der Waals surface area contributed by atoms with Crippen LogP contribution in [0.5, 0.6) is 5.88 Å². The van der Waals surface area contributed by atoms with Crippen LogP contribution in [0.2, 0.25) is 0 Å². The van der Waals surface area contributed by atoms with E-state index >= 15 is 0 Å². The van der Waals surface area contributed by atoms with E-state index in [-0.39, 0.29) is 10.4 Å². The van der Waals surface area contributed by atoms with E-state index in [1.54, 1.807) is 30.6 Å². The Balaban J connectivity index is 1.70. The van der Waals surface area contributed by atoms with Crippen molar-refractivity contribution >= 4 is 39.4 Å². The molecular formula is C16H11ClF2N6O2S. The van der Waals surface area contributed by atoms with Crippen LogP contribution in [0.25, 0.3) is 22.2 Å². The number of aromatic nitrogens is 5. The summed E-state index contributed by atoms with van der Waals surface area (Å²) >= 11 is 5.26. The second-order valence-electron chi connectivity index (χ2n) is 5.51. The van der Waals surface area contributed by atoms with Crippen molar-refractivity contribution in [2.45, 2.75) is 11.4 Å². The van der Waals surface area contributed by atoms with Crippen LogP contribution in [0.3, 0.4) is 0 Å². The predicted octanol–water partition coefficient (Wildman–Crippen LogP) is 3.88. The van der Waals surface area contributed by atoms with Gasteiger partial charge in [-0.15, -0.1) is 0 Å². The first-order valence-corrected chi connectivity index (χ1v) is 9.25. The van der Waals surface area contributed by atoms with Crippen LogP contribution in [0, 0.1) is 0 Å². The summed E-state index contributed by atoms with van der Waals surface area (Å²) in [6, 6.07) is 7.21. The van der Waals surface area contributed by atoms with Crippen molar-refractivity contribution < 1.29 is 17.3 Å². The van der Waals surface area contributed by atoms with Crippen LogP contribution < -0.4 is 9.01 Å². The van der Waals surface area contributed by atoms with E-state index < -0.39 is 23.4 Å². The summed E-state index contributed by atoms with van der Waals surface area (Å²) in [4.78, 5) is 11.6. The molecule has 4 aromatic rings. The zero-order valence-electron chi connectivity index (χ0n) is 13.8. The standard InChI is InChI=1S/C16H11ClF2N6O2S/c17-27-15-12(6-23-25(15)16(18)19)24-28(26)13-7-21-14-9(2-1-3-10(13)14)11-4-5-20-8-22-11/h1-8,16,21,24H. The molecule has 0 aliphatic carbocycles. The third-order valence-corrected chi connectivity index (χ3v) is 5.23. The summed E-state index contributed by atoms with van der Waals surface area (Å²) in [5.74, 6) is -0.438. The van der Waals surface area contributed by atoms with Crippen molar-refractivity contribution in [1.29, 1.82) is 0 Å². The number of hydrogen-bond donors (Lipinski definition) is 2. The first-order valence-electron chi connectivity index (χ1n) is 7.79. The molecule has 1 unspecified atom stereocenters. The maximum atomic E-state index is 12.9. The Labute approximate surface area is 164 Å². The van der Waals surface area contributed by atoms with E-state index in [4.69, 9.17) is 11.9 Å². The maximum Gasteiger partial charge on any atom is 0.336 e. The Bertz CT molecular complexity index is 1150. The lowest BCUT2D eigenvalue weighted by molar-refractivity contribution is 0.0515. The largest absolute Gasteiger partial charge is 0.363 e. The van der Waals surface area contributed by atoms with Crippen molar-refractivity contribution in [3.8, 4) is 17.1 Å². The molecule has 0 saturated carbocycles. The Morgan fingerprint density at radius 3 is 2.89 bits per heavy atom. The third kappa shape index (κ3) is 3.18. The Hall–Kier alpha value is -3.05. The van der Waals surface area contributed by atoms with Crippen LogP contribution in [-0.4, -0.2) is 28.9 Å². The molecule has 144 valence electrons. The summed E-state index contributed by atoms with van der Waals surface area (Å²) in [6.07, 6.45) is 5.69. The molecule has 4 rings (SSSR count). The molecule has 0 aliphatic rings. The van der Waals surface area contributed by atoms with Gasteiger partial charge in [0.15, 0.2) is 11.0 Å². The lowest BCUT2D eigenvalue weighted by Crippen LogP contribution is -2.06. The van der Waals surface area contributed by atoms with Gasteiger partial charge in [-0.1, -0.05) is 18.2 Å². The zero-order chi connectivity index (χ0) is 19.7. The number of aromatic amines is 1. The topological polar surface area (TPSA) is 97.7 Å². The SMILES string of the molecule is O=S(Nc1cnn(C(F)F)c1OCl)c1c[nH]c2c(-c3ccncn3)cccc12. The number of hydrogen-bond acceptors (Lipinski definition) is 5. The van der Waals surface area contributed by atoms with Gasteiger partial charge in [-0.25, -0.2) is 14.2 Å². The first kappa shape index (κ1) is 18.3. The summed E-state index contributed by atoms with van der Waals surface area (Å²) in [7, 11) is -1.81. The molecule has 0 aliphatic heterocycles. The van der Waals surface area contributed by atoms with E-state index in [1.807, 2.05) is 6.07 Å². The molecule has 1 aromatic carbocycles. The van der Waals surface area contributed by atoms with Gasteiger partial charge in [0, 0.05) is 23.3 Å². The third-order valence-electron chi connectivity index (χ3n) is 3.95. The van der Waals surface area contributed by atoms with Gasteiger partial charge in [-0.2, -0.15) is 18.6 Å². The van der Waals surface area contributed by atoms with Crippen molar-refractivity contribution in [2.75, 3.05) is 4.72 Å². The minimum atomic E-state index is -2.96. The molecule has 0 amide bonds. The average molecular weight is 425 g/mol. The van der Waals surface area contributed by atoms with Gasteiger partial charge in [0.1, 0.15) is 23.9 Å². The van der Waals surface area contributed by atoms with Crippen molar-refractivity contribution in [3.05, 3.63) is 49.2 Å². The van der Waals surface area contributed by atoms with Gasteiger partial charge in [0.05, 0.1) is 22.3 Å². The van der Waals surface area contributed by atoms with Gasteiger partial charge < -0.3 is 9.27 Å². The summed E-state index contributed by atoms with van der Waals surface area (Å²) in [6.45, 7) is -2.96. The average Bonchev–Trinajstić information content (AvgIpc) is 3.32. The minimum Gasteiger partial charge on any atom is -0.363 e. The normalized spacial score (nSPS) is 12.4. The van der Waals surface area contributed by atoms with Crippen molar-refractivity contribution in [3.63, 3.8) is 0 Å². The first-order chi connectivity index (χ1) is 13.6. The molecule has 0 saturated heterocycles. The number of alkyl halides is 2. The number of anilines is 1. The lowest BCUT2D eigenvalue weighted by Gasteiger charge is -2.07. The van der Waals surface area contributed by atoms with Gasteiger partial charge in [0.2, 0.25) is 0 Å². The second-order valence-corrected chi connectivity index (χ2v) is 6.84. The fourth-order valence-electron chi connectivity index (χ4n) is 2.74. The Morgan fingerprint density at radius 2 is 2.18 bits per heavy atom.